The van der Waals surface area contributed by atoms with Crippen LogP contribution in [-0.2, 0) is 16.1 Å². The Morgan fingerprint density at radius 1 is 1.26 bits per heavy atom. The molecule has 5 heteroatoms. The molecule has 0 aromatic heterocycles. The highest BCUT2D eigenvalue weighted by molar-refractivity contribution is 5.92. The van der Waals surface area contributed by atoms with E-state index >= 15 is 0 Å². The third-order valence-electron chi connectivity index (χ3n) is 4.46. The summed E-state index contributed by atoms with van der Waals surface area (Å²) in [6.45, 7) is 3.65. The second kappa shape index (κ2) is 8.11. The number of hydrogen-bond acceptors (Lipinski definition) is 4. The van der Waals surface area contributed by atoms with Gasteiger partial charge in [-0.25, -0.2) is 4.79 Å². The van der Waals surface area contributed by atoms with Gasteiger partial charge in [-0.05, 0) is 43.4 Å². The second-order valence-corrected chi connectivity index (χ2v) is 6.28. The number of ether oxygens (including phenoxy) is 1. The van der Waals surface area contributed by atoms with Gasteiger partial charge in [-0.3, -0.25) is 4.79 Å². The predicted octanol–water partition coefficient (Wildman–Crippen LogP) is 2.42. The van der Waals surface area contributed by atoms with Crippen molar-refractivity contribution in [3.63, 3.8) is 0 Å². The molecule has 3 atom stereocenters. The molecular formula is C18H25NO4. The standard InChI is InChI=1S/C18H25NO4/c1-12-5-3-4-6-16(12)19-17(21)13(2)23-18(22)15-9-7-14(11-20)8-10-15/h7-10,12-13,16,20H,3-6,11H2,1-2H3,(H,19,21)/t12-,13+,16+/m0/s1. The molecule has 23 heavy (non-hydrogen) atoms. The zero-order chi connectivity index (χ0) is 16.8. The summed E-state index contributed by atoms with van der Waals surface area (Å²) in [4.78, 5) is 24.3. The molecule has 1 fully saturated rings. The van der Waals surface area contributed by atoms with Gasteiger partial charge in [0, 0.05) is 6.04 Å². The van der Waals surface area contributed by atoms with Gasteiger partial charge >= 0.3 is 5.97 Å². The fraction of sp³-hybridized carbons (Fsp3) is 0.556. The lowest BCUT2D eigenvalue weighted by Gasteiger charge is -2.30. The quantitative estimate of drug-likeness (QED) is 0.817. The van der Waals surface area contributed by atoms with Gasteiger partial charge < -0.3 is 15.2 Å². The molecule has 1 aliphatic carbocycles. The molecule has 0 radical (unpaired) electrons. The molecule has 1 aliphatic rings. The molecule has 0 unspecified atom stereocenters. The first-order chi connectivity index (χ1) is 11.0. The second-order valence-electron chi connectivity index (χ2n) is 6.28. The molecular weight excluding hydrogens is 294 g/mol. The first-order valence-corrected chi connectivity index (χ1v) is 8.22. The summed E-state index contributed by atoms with van der Waals surface area (Å²) in [6, 6.07) is 6.65. The maximum Gasteiger partial charge on any atom is 0.338 e. The minimum Gasteiger partial charge on any atom is -0.449 e. The SMILES string of the molecule is C[C@@H](OC(=O)c1ccc(CO)cc1)C(=O)N[C@@H]1CCCC[C@@H]1C. The molecule has 126 valence electrons. The summed E-state index contributed by atoms with van der Waals surface area (Å²) < 4.78 is 5.24. The number of esters is 1. The summed E-state index contributed by atoms with van der Waals surface area (Å²) in [5, 5.41) is 12.0. The zero-order valence-corrected chi connectivity index (χ0v) is 13.7. The summed E-state index contributed by atoms with van der Waals surface area (Å²) in [5.74, 6) is -0.320. The van der Waals surface area contributed by atoms with Gasteiger partial charge in [-0.15, -0.1) is 0 Å². The van der Waals surface area contributed by atoms with Crippen molar-refractivity contribution < 1.29 is 19.4 Å². The van der Waals surface area contributed by atoms with Gasteiger partial charge in [0.05, 0.1) is 12.2 Å². The Kier molecular flexibility index (Phi) is 6.16. The monoisotopic (exact) mass is 319 g/mol. The van der Waals surface area contributed by atoms with Crippen LogP contribution in [0.2, 0.25) is 0 Å². The molecule has 1 aromatic rings. The Balaban J connectivity index is 1.87. The minimum absolute atomic E-state index is 0.0757. The van der Waals surface area contributed by atoms with Crippen LogP contribution in [0, 0.1) is 5.92 Å². The highest BCUT2D eigenvalue weighted by Crippen LogP contribution is 2.23. The number of carbonyl (C=O) groups excluding carboxylic acids is 2. The Morgan fingerprint density at radius 3 is 2.52 bits per heavy atom. The topological polar surface area (TPSA) is 75.6 Å². The third kappa shape index (κ3) is 4.79. The highest BCUT2D eigenvalue weighted by Gasteiger charge is 2.26. The molecule has 1 aromatic carbocycles. The molecule has 5 nitrogen and oxygen atoms in total. The van der Waals surface area contributed by atoms with Crippen molar-refractivity contribution in [2.75, 3.05) is 0 Å². The van der Waals surface area contributed by atoms with Crippen LogP contribution >= 0.6 is 0 Å². The van der Waals surface area contributed by atoms with Crippen molar-refractivity contribution in [2.24, 2.45) is 5.92 Å². The fourth-order valence-electron chi connectivity index (χ4n) is 2.86. The van der Waals surface area contributed by atoms with Crippen LogP contribution < -0.4 is 5.32 Å². The van der Waals surface area contributed by atoms with E-state index in [1.54, 1.807) is 31.2 Å². The maximum absolute atomic E-state index is 12.2. The van der Waals surface area contributed by atoms with Crippen LogP contribution in [-0.4, -0.2) is 29.1 Å². The van der Waals surface area contributed by atoms with Gasteiger partial charge in [0.25, 0.3) is 5.91 Å². The van der Waals surface area contributed by atoms with E-state index in [0.717, 1.165) is 24.8 Å². The normalized spacial score (nSPS) is 22.2. The van der Waals surface area contributed by atoms with Crippen LogP contribution in [0.1, 0.15) is 55.5 Å². The first kappa shape index (κ1) is 17.5. The van der Waals surface area contributed by atoms with E-state index in [1.807, 2.05) is 0 Å². The Hall–Kier alpha value is -1.88. The summed E-state index contributed by atoms with van der Waals surface area (Å²) in [7, 11) is 0. The van der Waals surface area contributed by atoms with Crippen LogP contribution in [0.3, 0.4) is 0 Å². The Bertz CT molecular complexity index is 540. The molecule has 0 heterocycles. The van der Waals surface area contributed by atoms with Gasteiger partial charge in [-0.1, -0.05) is 31.9 Å². The highest BCUT2D eigenvalue weighted by atomic mass is 16.5. The van der Waals surface area contributed by atoms with E-state index in [2.05, 4.69) is 12.2 Å². The number of aliphatic hydroxyl groups is 1. The lowest BCUT2D eigenvalue weighted by molar-refractivity contribution is -0.130. The van der Waals surface area contributed by atoms with E-state index < -0.39 is 12.1 Å². The van der Waals surface area contributed by atoms with E-state index in [1.165, 1.54) is 6.42 Å². The largest absolute Gasteiger partial charge is 0.449 e. The van der Waals surface area contributed by atoms with Crippen LogP contribution in [0.25, 0.3) is 0 Å². The van der Waals surface area contributed by atoms with Crippen molar-refractivity contribution in [3.8, 4) is 0 Å². The molecule has 2 rings (SSSR count). The number of aliphatic hydroxyl groups excluding tert-OH is 1. The van der Waals surface area contributed by atoms with Gasteiger partial charge in [0.1, 0.15) is 0 Å². The van der Waals surface area contributed by atoms with Crippen LogP contribution in [0.5, 0.6) is 0 Å². The maximum atomic E-state index is 12.2. The van der Waals surface area contributed by atoms with Crippen molar-refractivity contribution >= 4 is 11.9 Å². The summed E-state index contributed by atoms with van der Waals surface area (Å²) >= 11 is 0. The fourth-order valence-corrected chi connectivity index (χ4v) is 2.86. The average molecular weight is 319 g/mol. The summed E-state index contributed by atoms with van der Waals surface area (Å²) in [5.41, 5.74) is 1.09. The molecule has 0 bridgehead atoms. The van der Waals surface area contributed by atoms with Gasteiger partial charge in [0.15, 0.2) is 6.10 Å². The Labute approximate surface area is 137 Å². The molecule has 0 saturated heterocycles. The number of carbonyl (C=O) groups is 2. The average Bonchev–Trinajstić information content (AvgIpc) is 2.56. The van der Waals surface area contributed by atoms with E-state index in [-0.39, 0.29) is 18.6 Å². The van der Waals surface area contributed by atoms with Gasteiger partial charge in [-0.2, -0.15) is 0 Å². The smallest absolute Gasteiger partial charge is 0.338 e. The van der Waals surface area contributed by atoms with E-state index in [0.29, 0.717) is 11.5 Å². The molecule has 2 N–H and O–H groups in total. The third-order valence-corrected chi connectivity index (χ3v) is 4.46. The van der Waals surface area contributed by atoms with Crippen LogP contribution in [0.4, 0.5) is 0 Å². The number of rotatable bonds is 5. The number of nitrogens with one attached hydrogen (secondary N) is 1. The van der Waals surface area contributed by atoms with Crippen molar-refractivity contribution in [1.29, 1.82) is 0 Å². The lowest BCUT2D eigenvalue weighted by atomic mass is 9.86. The van der Waals surface area contributed by atoms with Crippen molar-refractivity contribution in [2.45, 2.75) is 58.3 Å². The molecule has 1 amide bonds. The Morgan fingerprint density at radius 2 is 1.91 bits per heavy atom. The lowest BCUT2D eigenvalue weighted by Crippen LogP contribution is -2.45. The zero-order valence-electron chi connectivity index (χ0n) is 13.7. The van der Waals surface area contributed by atoms with Crippen LogP contribution in [0.15, 0.2) is 24.3 Å². The summed E-state index contributed by atoms with van der Waals surface area (Å²) in [6.07, 6.45) is 3.61. The number of benzene rings is 1. The molecule has 0 spiro atoms. The van der Waals surface area contributed by atoms with E-state index in [4.69, 9.17) is 9.84 Å². The van der Waals surface area contributed by atoms with Gasteiger partial charge in [0.2, 0.25) is 0 Å². The number of amides is 1. The molecule has 1 saturated carbocycles. The van der Waals surface area contributed by atoms with E-state index in [9.17, 15) is 9.59 Å². The first-order valence-electron chi connectivity index (χ1n) is 8.22. The van der Waals surface area contributed by atoms with Crippen molar-refractivity contribution in [3.05, 3.63) is 35.4 Å². The predicted molar refractivity (Wildman–Crippen MR) is 86.8 cm³/mol. The minimum atomic E-state index is -0.825. The number of hydrogen-bond donors (Lipinski definition) is 2. The van der Waals surface area contributed by atoms with Crippen molar-refractivity contribution in [1.82, 2.24) is 5.32 Å². The molecule has 0 aliphatic heterocycles.